The van der Waals surface area contributed by atoms with Gasteiger partial charge in [-0.2, -0.15) is 0 Å². The average Bonchev–Trinajstić information content (AvgIpc) is 2.02. The van der Waals surface area contributed by atoms with Gasteiger partial charge in [0.2, 0.25) is 0 Å². The van der Waals surface area contributed by atoms with Crippen LogP contribution in [0.3, 0.4) is 0 Å². The summed E-state index contributed by atoms with van der Waals surface area (Å²) in [6.07, 6.45) is 0.341. The van der Waals surface area contributed by atoms with E-state index in [-0.39, 0.29) is 0 Å². The number of nitrogens with zero attached hydrogens (tertiary/aromatic N) is 1. The second-order valence-electron chi connectivity index (χ2n) is 3.94. The Balaban J connectivity index is 3.16. The van der Waals surface area contributed by atoms with Gasteiger partial charge in [-0.05, 0) is 34.9 Å². The van der Waals surface area contributed by atoms with Crippen molar-refractivity contribution in [2.75, 3.05) is 33.8 Å². The van der Waals surface area contributed by atoms with Crippen molar-refractivity contribution in [3.8, 4) is 0 Å². The van der Waals surface area contributed by atoms with Crippen LogP contribution in [-0.2, 0) is 4.74 Å². The van der Waals surface area contributed by atoms with Gasteiger partial charge in [-0.3, -0.25) is 0 Å². The first kappa shape index (κ1) is 12.9. The van der Waals surface area contributed by atoms with Gasteiger partial charge in [-0.1, -0.05) is 0 Å². The summed E-state index contributed by atoms with van der Waals surface area (Å²) >= 11 is 0. The van der Waals surface area contributed by atoms with Crippen LogP contribution in [-0.4, -0.2) is 50.8 Å². The highest BCUT2D eigenvalue weighted by molar-refractivity contribution is 4.62. The molecule has 3 nitrogen and oxygen atoms in total. The number of hydrogen-bond donors (Lipinski definition) is 1. The minimum atomic E-state index is 0.341. The maximum absolute atomic E-state index is 5.41. The summed E-state index contributed by atoms with van der Waals surface area (Å²) in [5.74, 6) is 0. The van der Waals surface area contributed by atoms with Crippen LogP contribution >= 0.6 is 0 Å². The topological polar surface area (TPSA) is 24.5 Å². The molecule has 3 heteroatoms. The Labute approximate surface area is 82.4 Å². The van der Waals surface area contributed by atoms with Gasteiger partial charge in [0.05, 0.1) is 12.7 Å². The Kier molecular flexibility index (Phi) is 7.23. The third kappa shape index (κ3) is 8.22. The van der Waals surface area contributed by atoms with Crippen LogP contribution in [0.1, 0.15) is 20.8 Å². The minimum absolute atomic E-state index is 0.341. The molecule has 80 valence electrons. The third-order valence-corrected chi connectivity index (χ3v) is 2.05. The van der Waals surface area contributed by atoms with Crippen LogP contribution in [0.4, 0.5) is 0 Å². The fraction of sp³-hybridized carbons (Fsp3) is 1.00. The van der Waals surface area contributed by atoms with Crippen LogP contribution < -0.4 is 5.32 Å². The molecule has 0 saturated heterocycles. The molecule has 0 aliphatic heterocycles. The van der Waals surface area contributed by atoms with Gasteiger partial charge in [0.25, 0.3) is 0 Å². The van der Waals surface area contributed by atoms with Crippen LogP contribution in [0.15, 0.2) is 0 Å². The second-order valence-corrected chi connectivity index (χ2v) is 3.94. The second kappa shape index (κ2) is 7.30. The number of rotatable bonds is 7. The van der Waals surface area contributed by atoms with E-state index in [4.69, 9.17) is 4.74 Å². The van der Waals surface area contributed by atoms with E-state index in [0.717, 1.165) is 19.7 Å². The third-order valence-electron chi connectivity index (χ3n) is 2.05. The molecule has 13 heavy (non-hydrogen) atoms. The van der Waals surface area contributed by atoms with Crippen molar-refractivity contribution in [1.82, 2.24) is 10.2 Å². The molecule has 1 atom stereocenters. The largest absolute Gasteiger partial charge is 0.377 e. The summed E-state index contributed by atoms with van der Waals surface area (Å²) in [6.45, 7) is 9.09. The molecular weight excluding hydrogens is 164 g/mol. The van der Waals surface area contributed by atoms with Gasteiger partial charge in [0.1, 0.15) is 0 Å². The molecule has 0 aromatic rings. The van der Waals surface area contributed by atoms with E-state index in [0.29, 0.717) is 12.1 Å². The molecule has 0 saturated carbocycles. The summed E-state index contributed by atoms with van der Waals surface area (Å²) in [7, 11) is 4.19. The van der Waals surface area contributed by atoms with E-state index in [2.05, 4.69) is 45.1 Å². The summed E-state index contributed by atoms with van der Waals surface area (Å²) in [6, 6.07) is 0.582. The normalized spacial score (nSPS) is 14.1. The first-order chi connectivity index (χ1) is 6.04. The van der Waals surface area contributed by atoms with E-state index in [1.54, 1.807) is 0 Å². The Bertz CT molecular complexity index is 115. The molecule has 0 fully saturated rings. The highest BCUT2D eigenvalue weighted by Crippen LogP contribution is 1.88. The number of hydrogen-bond acceptors (Lipinski definition) is 3. The minimum Gasteiger partial charge on any atom is -0.377 e. The predicted octanol–water partition coefficient (Wildman–Crippen LogP) is 0.951. The van der Waals surface area contributed by atoms with Gasteiger partial charge in [-0.15, -0.1) is 0 Å². The molecule has 0 rings (SSSR count). The zero-order valence-electron chi connectivity index (χ0n) is 9.63. The summed E-state index contributed by atoms with van der Waals surface area (Å²) in [5, 5.41) is 3.36. The van der Waals surface area contributed by atoms with Crippen molar-refractivity contribution in [3.05, 3.63) is 0 Å². The molecule has 1 N–H and O–H groups in total. The molecule has 0 aromatic carbocycles. The van der Waals surface area contributed by atoms with Gasteiger partial charge in [0.15, 0.2) is 0 Å². The van der Waals surface area contributed by atoms with Crippen LogP contribution in [0.2, 0.25) is 0 Å². The lowest BCUT2D eigenvalue weighted by molar-refractivity contribution is 0.0801. The molecular formula is C10H24N2O. The highest BCUT2D eigenvalue weighted by atomic mass is 16.5. The maximum Gasteiger partial charge on any atom is 0.0594 e. The predicted molar refractivity (Wildman–Crippen MR) is 57.1 cm³/mol. The van der Waals surface area contributed by atoms with E-state index < -0.39 is 0 Å². The molecule has 0 heterocycles. The van der Waals surface area contributed by atoms with Crippen molar-refractivity contribution in [2.45, 2.75) is 32.9 Å². The maximum atomic E-state index is 5.41. The van der Waals surface area contributed by atoms with E-state index >= 15 is 0 Å². The lowest BCUT2D eigenvalue weighted by atomic mass is 10.3. The zero-order chi connectivity index (χ0) is 10.3. The molecule has 0 aliphatic rings. The SMILES string of the molecule is CC(C)OCCNCC(C)N(C)C. The van der Waals surface area contributed by atoms with Gasteiger partial charge < -0.3 is 15.0 Å². The standard InChI is InChI=1S/C10H24N2O/c1-9(2)13-7-6-11-8-10(3)12(4)5/h9-11H,6-8H2,1-5H3. The lowest BCUT2D eigenvalue weighted by Gasteiger charge is -2.20. The Morgan fingerprint density at radius 2 is 1.85 bits per heavy atom. The Hall–Kier alpha value is -0.120. The fourth-order valence-electron chi connectivity index (χ4n) is 0.860. The summed E-state index contributed by atoms with van der Waals surface area (Å²) < 4.78 is 5.41. The first-order valence-electron chi connectivity index (χ1n) is 5.02. The highest BCUT2D eigenvalue weighted by Gasteiger charge is 2.02. The molecule has 0 bridgehead atoms. The number of nitrogens with one attached hydrogen (secondary N) is 1. The van der Waals surface area contributed by atoms with Gasteiger partial charge in [0, 0.05) is 19.1 Å². The first-order valence-corrected chi connectivity index (χ1v) is 5.02. The fourth-order valence-corrected chi connectivity index (χ4v) is 0.860. The molecule has 1 unspecified atom stereocenters. The van der Waals surface area contributed by atoms with Crippen molar-refractivity contribution >= 4 is 0 Å². The van der Waals surface area contributed by atoms with Crippen molar-refractivity contribution in [1.29, 1.82) is 0 Å². The summed E-state index contributed by atoms with van der Waals surface area (Å²) in [4.78, 5) is 2.20. The summed E-state index contributed by atoms with van der Waals surface area (Å²) in [5.41, 5.74) is 0. The van der Waals surface area contributed by atoms with Crippen LogP contribution in [0.25, 0.3) is 0 Å². The zero-order valence-corrected chi connectivity index (χ0v) is 9.63. The quantitative estimate of drug-likeness (QED) is 0.602. The molecule has 0 aromatic heterocycles. The smallest absolute Gasteiger partial charge is 0.0594 e. The molecule has 0 radical (unpaired) electrons. The van der Waals surface area contributed by atoms with E-state index in [9.17, 15) is 0 Å². The number of likely N-dealkylation sites (N-methyl/N-ethyl adjacent to an activating group) is 1. The average molecular weight is 188 g/mol. The van der Waals surface area contributed by atoms with Gasteiger partial charge >= 0.3 is 0 Å². The van der Waals surface area contributed by atoms with Gasteiger partial charge in [-0.25, -0.2) is 0 Å². The molecule has 0 amide bonds. The monoisotopic (exact) mass is 188 g/mol. The van der Waals surface area contributed by atoms with Crippen LogP contribution in [0, 0.1) is 0 Å². The van der Waals surface area contributed by atoms with Crippen LogP contribution in [0.5, 0.6) is 0 Å². The lowest BCUT2D eigenvalue weighted by Crippen LogP contribution is -2.36. The van der Waals surface area contributed by atoms with Crippen molar-refractivity contribution < 1.29 is 4.74 Å². The molecule has 0 aliphatic carbocycles. The number of ether oxygens (including phenoxy) is 1. The Morgan fingerprint density at radius 1 is 1.23 bits per heavy atom. The van der Waals surface area contributed by atoms with Crippen molar-refractivity contribution in [3.63, 3.8) is 0 Å². The Morgan fingerprint density at radius 3 is 2.31 bits per heavy atom. The molecule has 0 spiro atoms. The van der Waals surface area contributed by atoms with E-state index in [1.165, 1.54) is 0 Å². The van der Waals surface area contributed by atoms with Crippen molar-refractivity contribution in [2.24, 2.45) is 0 Å². The van der Waals surface area contributed by atoms with E-state index in [1.807, 2.05) is 0 Å².